The van der Waals surface area contributed by atoms with Crippen LogP contribution in [0.2, 0.25) is 5.02 Å². The van der Waals surface area contributed by atoms with Crippen LogP contribution in [-0.2, 0) is 11.3 Å². The molecule has 0 aliphatic carbocycles. The summed E-state index contributed by atoms with van der Waals surface area (Å²) in [4.78, 5) is 5.42. The fraction of sp³-hybridized carbons (Fsp3) is 0.267. The summed E-state index contributed by atoms with van der Waals surface area (Å²) in [7, 11) is 1.70. The van der Waals surface area contributed by atoms with E-state index in [-0.39, 0.29) is 0 Å². The molecule has 112 valence electrons. The Morgan fingerprint density at radius 3 is 2.90 bits per heavy atom. The maximum Gasteiger partial charge on any atom is 0.101 e. The van der Waals surface area contributed by atoms with Gasteiger partial charge in [0.2, 0.25) is 0 Å². The van der Waals surface area contributed by atoms with Crippen molar-refractivity contribution in [2.75, 3.05) is 20.3 Å². The molecule has 0 saturated carbocycles. The second kappa shape index (κ2) is 8.76. The highest BCUT2D eigenvalue weighted by molar-refractivity contribution is 9.10. The first-order valence-corrected chi connectivity index (χ1v) is 8.46. The third-order valence-electron chi connectivity index (χ3n) is 2.75. The second-order valence-electron chi connectivity index (χ2n) is 4.31. The lowest BCUT2D eigenvalue weighted by atomic mass is 10.2. The Kier molecular flexibility index (Phi) is 6.99. The van der Waals surface area contributed by atoms with Crippen LogP contribution in [-0.4, -0.2) is 25.2 Å². The molecule has 1 aromatic heterocycles. The third kappa shape index (κ3) is 5.27. The van der Waals surface area contributed by atoms with Gasteiger partial charge in [-0.15, -0.1) is 0 Å². The van der Waals surface area contributed by atoms with Crippen LogP contribution in [0.5, 0.6) is 0 Å². The molecule has 2 aromatic rings. The van der Waals surface area contributed by atoms with Gasteiger partial charge in [-0.3, -0.25) is 0 Å². The van der Waals surface area contributed by atoms with Crippen molar-refractivity contribution in [2.45, 2.75) is 16.5 Å². The lowest BCUT2D eigenvalue weighted by Gasteiger charge is -2.11. The van der Waals surface area contributed by atoms with Crippen LogP contribution in [0.15, 0.2) is 50.9 Å². The summed E-state index contributed by atoms with van der Waals surface area (Å²) >= 11 is 11.3. The Balaban J connectivity index is 2.11. The Morgan fingerprint density at radius 2 is 2.19 bits per heavy atom. The first-order valence-electron chi connectivity index (χ1n) is 6.47. The van der Waals surface area contributed by atoms with Crippen LogP contribution in [0, 0.1) is 0 Å². The van der Waals surface area contributed by atoms with E-state index in [4.69, 9.17) is 16.3 Å². The van der Waals surface area contributed by atoms with Crippen LogP contribution in [0.25, 0.3) is 0 Å². The molecular weight excluding hydrogens is 372 g/mol. The predicted molar refractivity (Wildman–Crippen MR) is 91.1 cm³/mol. The van der Waals surface area contributed by atoms with E-state index in [9.17, 15) is 0 Å². The van der Waals surface area contributed by atoms with Crippen LogP contribution < -0.4 is 5.32 Å². The van der Waals surface area contributed by atoms with Gasteiger partial charge in [-0.1, -0.05) is 35.5 Å². The highest BCUT2D eigenvalue weighted by Gasteiger charge is 2.09. The first-order chi connectivity index (χ1) is 10.2. The van der Waals surface area contributed by atoms with Gasteiger partial charge in [0.05, 0.1) is 11.6 Å². The van der Waals surface area contributed by atoms with Crippen LogP contribution in [0.4, 0.5) is 0 Å². The Hall–Kier alpha value is -0.590. The van der Waals surface area contributed by atoms with Crippen molar-refractivity contribution >= 4 is 39.3 Å². The van der Waals surface area contributed by atoms with E-state index in [0.717, 1.165) is 38.1 Å². The van der Waals surface area contributed by atoms with Gasteiger partial charge in [-0.05, 0) is 39.7 Å². The van der Waals surface area contributed by atoms with Crippen LogP contribution in [0.1, 0.15) is 5.56 Å². The SMILES string of the molecule is COCCNCc1cccc(Cl)c1Sc1ccc(Br)cn1. The molecule has 0 spiro atoms. The Bertz CT molecular complexity index is 580. The standard InChI is InChI=1S/C15H16BrClN2OS/c1-20-8-7-18-9-11-3-2-4-13(17)15(11)21-14-6-5-12(16)10-19-14/h2-6,10,18H,7-9H2,1H3. The minimum absolute atomic E-state index is 0.692. The summed E-state index contributed by atoms with van der Waals surface area (Å²) in [5, 5.41) is 5.01. The number of aromatic nitrogens is 1. The Morgan fingerprint density at radius 1 is 1.33 bits per heavy atom. The van der Waals surface area contributed by atoms with E-state index >= 15 is 0 Å². The van der Waals surface area contributed by atoms with Gasteiger partial charge < -0.3 is 10.1 Å². The minimum atomic E-state index is 0.692. The number of hydrogen-bond donors (Lipinski definition) is 1. The number of ether oxygens (including phenoxy) is 1. The number of nitrogens with zero attached hydrogens (tertiary/aromatic N) is 1. The van der Waals surface area contributed by atoms with E-state index in [1.54, 1.807) is 25.1 Å². The van der Waals surface area contributed by atoms with Gasteiger partial charge in [0, 0.05) is 35.8 Å². The topological polar surface area (TPSA) is 34.1 Å². The van der Waals surface area contributed by atoms with Gasteiger partial charge in [0.15, 0.2) is 0 Å². The lowest BCUT2D eigenvalue weighted by molar-refractivity contribution is 0.199. The highest BCUT2D eigenvalue weighted by Crippen LogP contribution is 2.35. The van der Waals surface area contributed by atoms with Crippen molar-refractivity contribution < 1.29 is 4.74 Å². The van der Waals surface area contributed by atoms with E-state index in [1.165, 1.54) is 0 Å². The van der Waals surface area contributed by atoms with Crippen molar-refractivity contribution in [1.29, 1.82) is 0 Å². The average Bonchev–Trinajstić information content (AvgIpc) is 2.49. The van der Waals surface area contributed by atoms with Crippen LogP contribution in [0.3, 0.4) is 0 Å². The van der Waals surface area contributed by atoms with Gasteiger partial charge in [0.1, 0.15) is 5.03 Å². The number of benzene rings is 1. The molecule has 0 unspecified atom stereocenters. The van der Waals surface area contributed by atoms with Crippen molar-refractivity contribution in [3.8, 4) is 0 Å². The number of methoxy groups -OCH3 is 1. The second-order valence-corrected chi connectivity index (χ2v) is 6.67. The molecule has 0 amide bonds. The van der Waals surface area contributed by atoms with Crippen molar-refractivity contribution in [3.63, 3.8) is 0 Å². The molecule has 1 heterocycles. The van der Waals surface area contributed by atoms with Gasteiger partial charge >= 0.3 is 0 Å². The van der Waals surface area contributed by atoms with Crippen molar-refractivity contribution in [1.82, 2.24) is 10.3 Å². The zero-order chi connectivity index (χ0) is 15.1. The summed E-state index contributed by atoms with van der Waals surface area (Å²) in [5.41, 5.74) is 1.16. The molecule has 0 radical (unpaired) electrons. The maximum absolute atomic E-state index is 6.34. The molecule has 3 nitrogen and oxygen atoms in total. The molecule has 0 aliphatic rings. The zero-order valence-electron chi connectivity index (χ0n) is 11.6. The van der Waals surface area contributed by atoms with Gasteiger partial charge in [-0.2, -0.15) is 0 Å². The van der Waals surface area contributed by atoms with E-state index in [0.29, 0.717) is 6.61 Å². The largest absolute Gasteiger partial charge is 0.383 e. The highest BCUT2D eigenvalue weighted by atomic mass is 79.9. The molecule has 2 rings (SSSR count). The fourth-order valence-electron chi connectivity index (χ4n) is 1.73. The molecule has 21 heavy (non-hydrogen) atoms. The van der Waals surface area contributed by atoms with Crippen molar-refractivity contribution in [3.05, 3.63) is 51.6 Å². The molecular formula is C15H16BrClN2OS. The number of pyridine rings is 1. The molecule has 0 atom stereocenters. The molecule has 6 heteroatoms. The zero-order valence-corrected chi connectivity index (χ0v) is 14.8. The fourth-order valence-corrected chi connectivity index (χ4v) is 3.16. The molecule has 0 saturated heterocycles. The summed E-state index contributed by atoms with van der Waals surface area (Å²) in [5.74, 6) is 0. The number of halogens is 2. The van der Waals surface area contributed by atoms with E-state index < -0.39 is 0 Å². The minimum Gasteiger partial charge on any atom is -0.383 e. The number of rotatable bonds is 7. The number of hydrogen-bond acceptors (Lipinski definition) is 4. The van der Waals surface area contributed by atoms with Gasteiger partial charge in [-0.25, -0.2) is 4.98 Å². The quantitative estimate of drug-likeness (QED) is 0.715. The lowest BCUT2D eigenvalue weighted by Crippen LogP contribution is -2.18. The molecule has 0 aliphatic heterocycles. The normalized spacial score (nSPS) is 10.8. The number of nitrogens with one attached hydrogen (secondary N) is 1. The predicted octanol–water partition coefficient (Wildman–Crippen LogP) is 4.38. The maximum atomic E-state index is 6.34. The van der Waals surface area contributed by atoms with Crippen molar-refractivity contribution in [2.24, 2.45) is 0 Å². The molecule has 1 N–H and O–H groups in total. The third-order valence-corrected chi connectivity index (χ3v) is 4.79. The van der Waals surface area contributed by atoms with E-state index in [1.807, 2.05) is 24.3 Å². The molecule has 0 bridgehead atoms. The Labute approximate surface area is 142 Å². The smallest absolute Gasteiger partial charge is 0.101 e. The molecule has 0 fully saturated rings. The summed E-state index contributed by atoms with van der Waals surface area (Å²) < 4.78 is 6.00. The summed E-state index contributed by atoms with van der Waals surface area (Å²) in [6, 6.07) is 9.89. The van der Waals surface area contributed by atoms with Gasteiger partial charge in [0.25, 0.3) is 0 Å². The van der Waals surface area contributed by atoms with Crippen LogP contribution >= 0.6 is 39.3 Å². The average molecular weight is 388 g/mol. The first kappa shape index (κ1) is 16.8. The van der Waals surface area contributed by atoms with E-state index in [2.05, 4.69) is 32.3 Å². The summed E-state index contributed by atoms with van der Waals surface area (Å²) in [6.07, 6.45) is 1.79. The monoisotopic (exact) mass is 386 g/mol. The summed E-state index contributed by atoms with van der Waals surface area (Å²) in [6.45, 7) is 2.25. The molecule has 1 aromatic carbocycles.